The molecule has 0 spiro atoms. The first kappa shape index (κ1) is 14.6. The van der Waals surface area contributed by atoms with E-state index in [1.54, 1.807) is 24.3 Å². The summed E-state index contributed by atoms with van der Waals surface area (Å²) in [6.07, 6.45) is 1.41. The van der Waals surface area contributed by atoms with Crippen LogP contribution in [0.5, 0.6) is 0 Å². The van der Waals surface area contributed by atoms with Crippen molar-refractivity contribution < 1.29 is 9.53 Å². The van der Waals surface area contributed by atoms with Crippen molar-refractivity contribution in [2.45, 2.75) is 18.9 Å². The van der Waals surface area contributed by atoms with Crippen LogP contribution in [0.4, 0.5) is 0 Å². The molecule has 0 radical (unpaired) electrons. The molecule has 4 rings (SSSR count). The number of aromatic nitrogens is 2. The summed E-state index contributed by atoms with van der Waals surface area (Å²) in [4.78, 5) is 24.8. The van der Waals surface area contributed by atoms with Gasteiger partial charge in [-0.15, -0.1) is 0 Å². The van der Waals surface area contributed by atoms with Crippen LogP contribution < -0.4 is 5.56 Å². The van der Waals surface area contributed by atoms with Gasteiger partial charge in [0, 0.05) is 12.4 Å². The third kappa shape index (κ3) is 2.29. The summed E-state index contributed by atoms with van der Waals surface area (Å²) in [6, 6.07) is 15.0. The molecule has 1 atom stereocenters. The average Bonchev–Trinajstić information content (AvgIpc) is 3.01. The molecule has 0 amide bonds. The molecule has 0 bridgehead atoms. The Bertz CT molecular complexity index is 1010. The molecule has 1 aromatic heterocycles. The Morgan fingerprint density at radius 1 is 1.12 bits per heavy atom. The summed E-state index contributed by atoms with van der Waals surface area (Å²) < 4.78 is 6.89. The molecule has 0 saturated heterocycles. The van der Waals surface area contributed by atoms with Crippen LogP contribution in [0.1, 0.15) is 34.1 Å². The van der Waals surface area contributed by atoms with Crippen LogP contribution in [0.15, 0.2) is 53.3 Å². The number of nitrogens with zero attached hydrogens (tertiary/aromatic N) is 2. The Morgan fingerprint density at radius 2 is 1.83 bits per heavy atom. The quantitative estimate of drug-likeness (QED) is 0.681. The summed E-state index contributed by atoms with van der Waals surface area (Å²) in [5.41, 5.74) is 2.22. The van der Waals surface area contributed by atoms with Gasteiger partial charge in [-0.1, -0.05) is 42.5 Å². The van der Waals surface area contributed by atoms with Gasteiger partial charge >= 0.3 is 5.97 Å². The van der Waals surface area contributed by atoms with Crippen molar-refractivity contribution in [3.8, 4) is 0 Å². The van der Waals surface area contributed by atoms with Gasteiger partial charge in [-0.3, -0.25) is 4.79 Å². The minimum Gasteiger partial charge on any atom is -0.453 e. The van der Waals surface area contributed by atoms with E-state index in [0.717, 1.165) is 18.4 Å². The van der Waals surface area contributed by atoms with Crippen molar-refractivity contribution >= 4 is 16.7 Å². The Kier molecular flexibility index (Phi) is 3.41. The van der Waals surface area contributed by atoms with E-state index in [1.165, 1.54) is 17.3 Å². The van der Waals surface area contributed by atoms with Crippen LogP contribution >= 0.6 is 0 Å². The monoisotopic (exact) mass is 320 g/mol. The van der Waals surface area contributed by atoms with Gasteiger partial charge in [0.2, 0.25) is 0 Å². The predicted octanol–water partition coefficient (Wildman–Crippen LogP) is 2.78. The van der Waals surface area contributed by atoms with Gasteiger partial charge in [0.15, 0.2) is 5.69 Å². The Labute approximate surface area is 138 Å². The molecule has 1 heterocycles. The number of hydrogen-bond acceptors (Lipinski definition) is 4. The second-order valence-electron chi connectivity index (χ2n) is 5.95. The average molecular weight is 320 g/mol. The Morgan fingerprint density at radius 3 is 2.67 bits per heavy atom. The summed E-state index contributed by atoms with van der Waals surface area (Å²) in [6.45, 7) is 0. The van der Waals surface area contributed by atoms with Crippen molar-refractivity contribution in [1.82, 2.24) is 9.78 Å². The highest BCUT2D eigenvalue weighted by Gasteiger charge is 2.27. The number of aryl methyl sites for hydroxylation is 2. The van der Waals surface area contributed by atoms with E-state index in [1.807, 2.05) is 18.2 Å². The second-order valence-corrected chi connectivity index (χ2v) is 5.95. The maximum absolute atomic E-state index is 12.7. The molecule has 0 fully saturated rings. The van der Waals surface area contributed by atoms with E-state index in [4.69, 9.17) is 4.74 Å². The predicted molar refractivity (Wildman–Crippen MR) is 89.9 cm³/mol. The fraction of sp³-hybridized carbons (Fsp3) is 0.211. The number of ether oxygens (including phenoxy) is 1. The normalized spacial score (nSPS) is 16.1. The van der Waals surface area contributed by atoms with E-state index >= 15 is 0 Å². The highest BCUT2D eigenvalue weighted by molar-refractivity contribution is 6.02. The lowest BCUT2D eigenvalue weighted by molar-refractivity contribution is 0.0294. The van der Waals surface area contributed by atoms with Crippen LogP contribution in [-0.4, -0.2) is 15.7 Å². The fourth-order valence-corrected chi connectivity index (χ4v) is 3.28. The van der Waals surface area contributed by atoms with Crippen LogP contribution in [0, 0.1) is 0 Å². The van der Waals surface area contributed by atoms with Crippen molar-refractivity contribution in [3.05, 3.63) is 75.7 Å². The number of carbonyl (C=O) groups is 1. The maximum atomic E-state index is 12.7. The van der Waals surface area contributed by atoms with Crippen LogP contribution in [0.25, 0.3) is 10.8 Å². The number of carbonyl (C=O) groups excluding carboxylic acids is 1. The van der Waals surface area contributed by atoms with E-state index in [9.17, 15) is 9.59 Å². The summed E-state index contributed by atoms with van der Waals surface area (Å²) in [7, 11) is 1.54. The number of fused-ring (bicyclic) bond motifs is 2. The molecule has 5 heteroatoms. The molecular formula is C19H16N2O3. The molecule has 2 aromatic carbocycles. The number of esters is 1. The van der Waals surface area contributed by atoms with Gasteiger partial charge in [0.05, 0.1) is 5.39 Å². The van der Waals surface area contributed by atoms with Crippen molar-refractivity contribution in [2.75, 3.05) is 0 Å². The number of rotatable bonds is 2. The molecule has 0 N–H and O–H groups in total. The van der Waals surface area contributed by atoms with E-state index in [2.05, 4.69) is 11.2 Å². The van der Waals surface area contributed by atoms with Crippen LogP contribution in [0.2, 0.25) is 0 Å². The van der Waals surface area contributed by atoms with E-state index in [0.29, 0.717) is 10.8 Å². The minimum absolute atomic E-state index is 0.178. The first-order chi connectivity index (χ1) is 11.6. The van der Waals surface area contributed by atoms with Gasteiger partial charge < -0.3 is 4.74 Å². The van der Waals surface area contributed by atoms with Gasteiger partial charge in [-0.05, 0) is 30.0 Å². The largest absolute Gasteiger partial charge is 0.453 e. The lowest BCUT2D eigenvalue weighted by Crippen LogP contribution is -2.24. The zero-order valence-corrected chi connectivity index (χ0v) is 13.2. The molecule has 3 aromatic rings. The first-order valence-corrected chi connectivity index (χ1v) is 7.90. The molecule has 0 unspecified atom stereocenters. The lowest BCUT2D eigenvalue weighted by Gasteiger charge is -2.14. The molecule has 1 aliphatic rings. The van der Waals surface area contributed by atoms with Gasteiger partial charge in [-0.2, -0.15) is 5.10 Å². The zero-order valence-electron chi connectivity index (χ0n) is 13.2. The van der Waals surface area contributed by atoms with E-state index < -0.39 is 5.97 Å². The van der Waals surface area contributed by atoms with E-state index in [-0.39, 0.29) is 17.4 Å². The highest BCUT2D eigenvalue weighted by Crippen LogP contribution is 2.34. The van der Waals surface area contributed by atoms with Crippen molar-refractivity contribution in [1.29, 1.82) is 0 Å². The topological polar surface area (TPSA) is 61.2 Å². The molecule has 120 valence electrons. The molecule has 1 aliphatic carbocycles. The first-order valence-electron chi connectivity index (χ1n) is 7.90. The molecule has 0 aliphatic heterocycles. The molecular weight excluding hydrogens is 304 g/mol. The van der Waals surface area contributed by atoms with Crippen LogP contribution in [0.3, 0.4) is 0 Å². The minimum atomic E-state index is -0.497. The Balaban J connectivity index is 1.73. The summed E-state index contributed by atoms with van der Waals surface area (Å²) in [5.74, 6) is -0.497. The summed E-state index contributed by atoms with van der Waals surface area (Å²) in [5, 5.41) is 5.12. The second kappa shape index (κ2) is 5.60. The molecule has 5 nitrogen and oxygen atoms in total. The smallest absolute Gasteiger partial charge is 0.360 e. The van der Waals surface area contributed by atoms with Gasteiger partial charge in [0.1, 0.15) is 6.10 Å². The number of benzene rings is 2. The summed E-state index contributed by atoms with van der Waals surface area (Å²) >= 11 is 0. The fourth-order valence-electron chi connectivity index (χ4n) is 3.28. The molecule has 24 heavy (non-hydrogen) atoms. The third-order valence-corrected chi connectivity index (χ3v) is 4.48. The lowest BCUT2D eigenvalue weighted by atomic mass is 10.1. The Hall–Kier alpha value is -2.95. The van der Waals surface area contributed by atoms with Crippen molar-refractivity contribution in [3.63, 3.8) is 0 Å². The standard InChI is InChI=1S/C19H16N2O3/c1-21-18(22)15-9-5-4-8-14(15)17(20-21)19(23)24-16-11-10-12-6-2-3-7-13(12)16/h2-9,16H,10-11H2,1H3/t16-/m1/s1. The van der Waals surface area contributed by atoms with Gasteiger partial charge in [0.25, 0.3) is 5.56 Å². The maximum Gasteiger partial charge on any atom is 0.360 e. The van der Waals surface area contributed by atoms with Crippen molar-refractivity contribution in [2.24, 2.45) is 7.05 Å². The third-order valence-electron chi connectivity index (χ3n) is 4.48. The SMILES string of the molecule is Cn1nc(C(=O)O[C@@H]2CCc3ccccc32)c2ccccc2c1=O. The zero-order chi connectivity index (χ0) is 16.7. The molecule has 0 saturated carbocycles. The highest BCUT2D eigenvalue weighted by atomic mass is 16.5. The van der Waals surface area contributed by atoms with Gasteiger partial charge in [-0.25, -0.2) is 9.48 Å². The van der Waals surface area contributed by atoms with Crippen LogP contribution in [-0.2, 0) is 18.2 Å². The number of hydrogen-bond donors (Lipinski definition) is 0.